The van der Waals surface area contributed by atoms with Crippen molar-refractivity contribution in [2.45, 2.75) is 46.3 Å². The van der Waals surface area contributed by atoms with Crippen LogP contribution in [0.1, 0.15) is 44.6 Å². The maximum Gasteiger partial charge on any atom is 0.407 e. The fraction of sp³-hybridized carbons (Fsp3) is 0.474. The molecule has 1 heterocycles. The van der Waals surface area contributed by atoms with Crippen LogP contribution in [0.15, 0.2) is 22.7 Å². The van der Waals surface area contributed by atoms with E-state index < -0.39 is 23.5 Å². The molecule has 1 aromatic heterocycles. The van der Waals surface area contributed by atoms with Crippen LogP contribution >= 0.6 is 15.9 Å². The van der Waals surface area contributed by atoms with Crippen molar-refractivity contribution in [3.05, 3.63) is 34.2 Å². The molecule has 0 saturated carbocycles. The van der Waals surface area contributed by atoms with Gasteiger partial charge in [0.25, 0.3) is 0 Å². The lowest BCUT2D eigenvalue weighted by molar-refractivity contribution is 0.0503. The number of hydrogen-bond acceptors (Lipinski definition) is 4. The van der Waals surface area contributed by atoms with E-state index in [9.17, 15) is 14.0 Å². The van der Waals surface area contributed by atoms with Gasteiger partial charge in [0, 0.05) is 22.9 Å². The lowest BCUT2D eigenvalue weighted by Gasteiger charge is -2.19. The minimum atomic E-state index is -0.563. The van der Waals surface area contributed by atoms with Crippen molar-refractivity contribution >= 4 is 38.9 Å². The molecule has 0 aliphatic carbocycles. The van der Waals surface area contributed by atoms with Gasteiger partial charge in [-0.15, -0.1) is 0 Å². The fourth-order valence-corrected chi connectivity index (χ4v) is 3.34. The van der Waals surface area contributed by atoms with Crippen LogP contribution in [0.3, 0.4) is 0 Å². The monoisotopic (exact) mass is 442 g/mol. The molecule has 0 spiro atoms. The third-order valence-electron chi connectivity index (χ3n) is 3.62. The molecule has 2 rings (SSSR count). The van der Waals surface area contributed by atoms with E-state index in [0.29, 0.717) is 40.6 Å². The number of hydrogen-bond donors (Lipinski definition) is 1. The summed E-state index contributed by atoms with van der Waals surface area (Å²) in [5, 5.41) is 3.29. The van der Waals surface area contributed by atoms with Gasteiger partial charge in [0.1, 0.15) is 17.1 Å². The molecule has 0 aliphatic rings. The zero-order valence-corrected chi connectivity index (χ0v) is 17.5. The Morgan fingerprint density at radius 2 is 1.96 bits per heavy atom. The van der Waals surface area contributed by atoms with Gasteiger partial charge in [-0.05, 0) is 68.2 Å². The van der Waals surface area contributed by atoms with Gasteiger partial charge in [-0.25, -0.2) is 14.0 Å². The Morgan fingerprint density at radius 1 is 1.26 bits per heavy atom. The van der Waals surface area contributed by atoms with Gasteiger partial charge in [-0.3, -0.25) is 0 Å². The van der Waals surface area contributed by atoms with Crippen LogP contribution in [0.25, 0.3) is 10.9 Å². The smallest absolute Gasteiger partial charge is 0.407 e. The van der Waals surface area contributed by atoms with Gasteiger partial charge in [0.05, 0.1) is 12.1 Å². The van der Waals surface area contributed by atoms with E-state index in [1.54, 1.807) is 38.3 Å². The Kier molecular flexibility index (Phi) is 6.86. The van der Waals surface area contributed by atoms with E-state index in [2.05, 4.69) is 21.2 Å². The number of nitrogens with one attached hydrogen (secondary N) is 1. The van der Waals surface area contributed by atoms with Crippen LogP contribution in [0.4, 0.5) is 9.18 Å². The van der Waals surface area contributed by atoms with Crippen molar-refractivity contribution in [3.8, 4) is 0 Å². The zero-order valence-electron chi connectivity index (χ0n) is 15.9. The molecule has 1 aromatic carbocycles. The number of aromatic nitrogens is 1. The number of ether oxygens (including phenoxy) is 2. The Hall–Kier alpha value is -2.09. The van der Waals surface area contributed by atoms with Crippen molar-refractivity contribution < 1.29 is 23.5 Å². The molecule has 8 heteroatoms. The second-order valence-electron chi connectivity index (χ2n) is 7.01. The summed E-state index contributed by atoms with van der Waals surface area (Å²) in [5.41, 5.74) is 0.486. The molecular weight excluding hydrogens is 419 g/mol. The molecule has 148 valence electrons. The van der Waals surface area contributed by atoms with Gasteiger partial charge in [-0.2, -0.15) is 0 Å². The van der Waals surface area contributed by atoms with Gasteiger partial charge < -0.3 is 19.4 Å². The molecular formula is C19H24BrFN2O4. The SMILES string of the molecule is CCOC(=O)c1cc2cc(F)cc(Br)c2n1CCCNC(=O)OC(C)(C)C. The highest BCUT2D eigenvalue weighted by molar-refractivity contribution is 9.10. The first-order chi connectivity index (χ1) is 12.6. The first-order valence-electron chi connectivity index (χ1n) is 8.74. The highest BCUT2D eigenvalue weighted by Crippen LogP contribution is 2.29. The molecule has 0 saturated heterocycles. The number of alkyl carbamates (subject to hydrolysis) is 1. The van der Waals surface area contributed by atoms with E-state index in [0.717, 1.165) is 0 Å². The molecule has 0 radical (unpaired) electrons. The molecule has 1 amide bonds. The first kappa shape index (κ1) is 21.2. The molecule has 0 unspecified atom stereocenters. The number of carbonyl (C=O) groups is 2. The normalized spacial score (nSPS) is 11.5. The minimum Gasteiger partial charge on any atom is -0.461 e. The third kappa shape index (κ3) is 5.69. The van der Waals surface area contributed by atoms with Crippen LogP contribution in [-0.2, 0) is 16.0 Å². The third-order valence-corrected chi connectivity index (χ3v) is 4.23. The number of nitrogens with zero attached hydrogens (tertiary/aromatic N) is 1. The predicted molar refractivity (Wildman–Crippen MR) is 104 cm³/mol. The Bertz CT molecular complexity index is 842. The highest BCUT2D eigenvalue weighted by atomic mass is 79.9. The standard InChI is InChI=1S/C19H24BrFN2O4/c1-5-26-17(24)15-10-12-9-13(21)11-14(20)16(12)23(15)8-6-7-22-18(25)27-19(2,3)4/h9-11H,5-8H2,1-4H3,(H,22,25). The van der Waals surface area contributed by atoms with Crippen LogP contribution in [0, 0.1) is 5.82 Å². The molecule has 0 atom stereocenters. The maximum atomic E-state index is 13.7. The van der Waals surface area contributed by atoms with E-state index in [4.69, 9.17) is 9.47 Å². The number of rotatable bonds is 6. The van der Waals surface area contributed by atoms with Crippen molar-refractivity contribution in [2.75, 3.05) is 13.2 Å². The van der Waals surface area contributed by atoms with Crippen molar-refractivity contribution in [1.29, 1.82) is 0 Å². The summed E-state index contributed by atoms with van der Waals surface area (Å²) >= 11 is 3.36. The zero-order chi connectivity index (χ0) is 20.2. The van der Waals surface area contributed by atoms with Crippen molar-refractivity contribution in [1.82, 2.24) is 9.88 Å². The van der Waals surface area contributed by atoms with E-state index in [-0.39, 0.29) is 6.61 Å². The minimum absolute atomic E-state index is 0.246. The van der Waals surface area contributed by atoms with E-state index in [1.807, 2.05) is 0 Å². The van der Waals surface area contributed by atoms with E-state index >= 15 is 0 Å². The average Bonchev–Trinajstić information content (AvgIpc) is 2.88. The van der Waals surface area contributed by atoms with Crippen LogP contribution in [0.2, 0.25) is 0 Å². The predicted octanol–water partition coefficient (Wildman–Crippen LogP) is 4.63. The number of benzene rings is 1. The maximum absolute atomic E-state index is 13.7. The van der Waals surface area contributed by atoms with Crippen LogP contribution in [-0.4, -0.2) is 35.4 Å². The van der Waals surface area contributed by atoms with Crippen molar-refractivity contribution in [3.63, 3.8) is 0 Å². The molecule has 6 nitrogen and oxygen atoms in total. The quantitative estimate of drug-likeness (QED) is 0.522. The second kappa shape index (κ2) is 8.73. The number of amides is 1. The number of halogens is 2. The molecule has 2 aromatic rings. The van der Waals surface area contributed by atoms with Gasteiger partial charge >= 0.3 is 12.1 Å². The molecule has 0 bridgehead atoms. The summed E-state index contributed by atoms with van der Waals surface area (Å²) in [7, 11) is 0. The Labute approximate surface area is 166 Å². The van der Waals surface area contributed by atoms with Gasteiger partial charge in [-0.1, -0.05) is 0 Å². The number of carbonyl (C=O) groups excluding carboxylic acids is 2. The van der Waals surface area contributed by atoms with Crippen LogP contribution < -0.4 is 5.32 Å². The topological polar surface area (TPSA) is 69.6 Å². The fourth-order valence-electron chi connectivity index (χ4n) is 2.67. The summed E-state index contributed by atoms with van der Waals surface area (Å²) < 4.78 is 26.3. The van der Waals surface area contributed by atoms with Gasteiger partial charge in [0.2, 0.25) is 0 Å². The van der Waals surface area contributed by atoms with Crippen LogP contribution in [0.5, 0.6) is 0 Å². The number of esters is 1. The number of fused-ring (bicyclic) bond motifs is 1. The number of aryl methyl sites for hydroxylation is 1. The Balaban J connectivity index is 2.17. The van der Waals surface area contributed by atoms with Crippen molar-refractivity contribution in [2.24, 2.45) is 0 Å². The molecule has 0 aliphatic heterocycles. The molecule has 0 fully saturated rings. The Morgan fingerprint density at radius 3 is 2.59 bits per heavy atom. The highest BCUT2D eigenvalue weighted by Gasteiger charge is 2.19. The van der Waals surface area contributed by atoms with Gasteiger partial charge in [0.15, 0.2) is 0 Å². The average molecular weight is 443 g/mol. The lowest BCUT2D eigenvalue weighted by atomic mass is 10.2. The van der Waals surface area contributed by atoms with E-state index in [1.165, 1.54) is 12.1 Å². The molecule has 1 N–H and O–H groups in total. The summed E-state index contributed by atoms with van der Waals surface area (Å²) in [6.07, 6.45) is 0.0629. The first-order valence-corrected chi connectivity index (χ1v) is 9.54. The lowest BCUT2D eigenvalue weighted by Crippen LogP contribution is -2.33. The summed E-state index contributed by atoms with van der Waals surface area (Å²) in [6, 6.07) is 4.34. The molecule has 27 heavy (non-hydrogen) atoms. The largest absolute Gasteiger partial charge is 0.461 e. The summed E-state index contributed by atoms with van der Waals surface area (Å²) in [5.74, 6) is -0.866. The second-order valence-corrected chi connectivity index (χ2v) is 7.86. The summed E-state index contributed by atoms with van der Waals surface area (Å²) in [4.78, 5) is 24.0. The summed E-state index contributed by atoms with van der Waals surface area (Å²) in [6.45, 7) is 8.16.